The highest BCUT2D eigenvalue weighted by atomic mass is 19.3. The summed E-state index contributed by atoms with van der Waals surface area (Å²) in [4.78, 5) is 30.7. The molecule has 0 aliphatic rings. The van der Waals surface area contributed by atoms with Gasteiger partial charge in [-0.15, -0.1) is 0 Å². The molecule has 3 aromatic heterocycles. The SMILES string of the molecule is Cn1cc(-c2cccc(-n3ccc4cc(C(C)(C)O)cc(F)c4c3=O)c2CO)nc(Nc2cnn(CC(F)F)c2)c1=O. The summed E-state index contributed by atoms with van der Waals surface area (Å²) in [5.41, 5.74) is -0.692. The van der Waals surface area contributed by atoms with Crippen molar-refractivity contribution in [1.82, 2.24) is 23.9 Å². The molecule has 0 radical (unpaired) electrons. The van der Waals surface area contributed by atoms with E-state index in [2.05, 4.69) is 15.4 Å². The summed E-state index contributed by atoms with van der Waals surface area (Å²) in [5, 5.41) is 27.5. The van der Waals surface area contributed by atoms with Gasteiger partial charge in [0, 0.05) is 36.8 Å². The van der Waals surface area contributed by atoms with Crippen molar-refractivity contribution in [2.24, 2.45) is 7.05 Å². The molecule has 0 bridgehead atoms. The maximum absolute atomic E-state index is 15.2. The lowest BCUT2D eigenvalue weighted by atomic mass is 9.95. The van der Waals surface area contributed by atoms with E-state index in [0.717, 1.165) is 10.7 Å². The number of aliphatic hydroxyl groups is 2. The number of aliphatic hydroxyl groups excluding tert-OH is 1. The first-order valence-corrected chi connectivity index (χ1v) is 12.8. The molecule has 0 aliphatic carbocycles. The Morgan fingerprint density at radius 2 is 1.86 bits per heavy atom. The predicted molar refractivity (Wildman–Crippen MR) is 151 cm³/mol. The quantitative estimate of drug-likeness (QED) is 0.255. The summed E-state index contributed by atoms with van der Waals surface area (Å²) < 4.78 is 44.1. The van der Waals surface area contributed by atoms with Gasteiger partial charge in [-0.3, -0.25) is 18.8 Å². The third-order valence-corrected chi connectivity index (χ3v) is 6.80. The molecule has 10 nitrogen and oxygen atoms in total. The Morgan fingerprint density at radius 1 is 1.10 bits per heavy atom. The second-order valence-electron chi connectivity index (χ2n) is 10.3. The maximum Gasteiger partial charge on any atom is 0.293 e. The van der Waals surface area contributed by atoms with Crippen molar-refractivity contribution >= 4 is 22.3 Å². The van der Waals surface area contributed by atoms with Crippen molar-refractivity contribution in [3.05, 3.63) is 98.8 Å². The average Bonchev–Trinajstić information content (AvgIpc) is 3.36. The molecule has 0 aliphatic heterocycles. The zero-order valence-electron chi connectivity index (χ0n) is 22.8. The van der Waals surface area contributed by atoms with E-state index >= 15 is 4.39 Å². The van der Waals surface area contributed by atoms with Crippen molar-refractivity contribution < 1.29 is 23.4 Å². The van der Waals surface area contributed by atoms with Crippen LogP contribution < -0.4 is 16.4 Å². The van der Waals surface area contributed by atoms with E-state index in [-0.39, 0.29) is 33.8 Å². The normalized spacial score (nSPS) is 11.9. The second-order valence-corrected chi connectivity index (χ2v) is 10.3. The van der Waals surface area contributed by atoms with Gasteiger partial charge in [-0.25, -0.2) is 18.2 Å². The summed E-state index contributed by atoms with van der Waals surface area (Å²) in [6.45, 7) is 1.90. The Balaban J connectivity index is 1.60. The number of nitrogens with zero attached hydrogens (tertiary/aromatic N) is 5. The van der Waals surface area contributed by atoms with Gasteiger partial charge in [0.1, 0.15) is 12.4 Å². The molecule has 5 aromatic rings. The molecular weight excluding hydrogens is 553 g/mol. The molecule has 0 fully saturated rings. The van der Waals surface area contributed by atoms with Gasteiger partial charge in [0.2, 0.25) is 0 Å². The smallest absolute Gasteiger partial charge is 0.293 e. The largest absolute Gasteiger partial charge is 0.392 e. The van der Waals surface area contributed by atoms with Gasteiger partial charge < -0.3 is 20.1 Å². The molecule has 0 saturated heterocycles. The van der Waals surface area contributed by atoms with E-state index in [9.17, 15) is 28.6 Å². The first-order valence-electron chi connectivity index (χ1n) is 12.8. The van der Waals surface area contributed by atoms with Gasteiger partial charge in [-0.1, -0.05) is 12.1 Å². The Morgan fingerprint density at radius 3 is 2.55 bits per heavy atom. The van der Waals surface area contributed by atoms with Crippen LogP contribution in [0.15, 0.2) is 70.8 Å². The van der Waals surface area contributed by atoms with E-state index in [0.29, 0.717) is 16.5 Å². The number of rotatable bonds is 8. The maximum atomic E-state index is 15.2. The van der Waals surface area contributed by atoms with E-state index in [4.69, 9.17) is 0 Å². The Bertz CT molecular complexity index is 1920. The van der Waals surface area contributed by atoms with Crippen molar-refractivity contribution in [3.8, 4) is 16.9 Å². The molecule has 218 valence electrons. The molecule has 0 unspecified atom stereocenters. The number of nitrogens with one attached hydrogen (secondary N) is 1. The Labute approximate surface area is 236 Å². The van der Waals surface area contributed by atoms with Crippen molar-refractivity contribution in [2.75, 3.05) is 5.32 Å². The van der Waals surface area contributed by atoms with Gasteiger partial charge in [0.05, 0.1) is 40.9 Å². The van der Waals surface area contributed by atoms with Crippen LogP contribution >= 0.6 is 0 Å². The Hall–Kier alpha value is -4.75. The number of aromatic nitrogens is 5. The number of hydrogen-bond acceptors (Lipinski definition) is 7. The topological polar surface area (TPSA) is 127 Å². The standard InChI is InChI=1S/C29H27F3N6O4/c1-29(2,42)17-9-16-7-8-38(27(40)25(16)21(30)10-17)23-6-4-5-19(20(23)15-39)22-13-36(3)28(41)26(35-22)34-18-11-33-37(12-18)14-24(31)32/h4-13,24,39,42H,14-15H2,1-3H3,(H,34,35). The predicted octanol–water partition coefficient (Wildman–Crippen LogP) is 3.82. The number of alkyl halides is 2. The number of anilines is 2. The van der Waals surface area contributed by atoms with E-state index in [1.54, 1.807) is 30.3 Å². The minimum atomic E-state index is -2.60. The number of aryl methyl sites for hydroxylation is 1. The average molecular weight is 581 g/mol. The molecule has 42 heavy (non-hydrogen) atoms. The molecular formula is C29H27F3N6O4. The fourth-order valence-corrected chi connectivity index (χ4v) is 4.70. The number of pyridine rings is 1. The van der Waals surface area contributed by atoms with Gasteiger partial charge in [0.15, 0.2) is 5.82 Å². The van der Waals surface area contributed by atoms with E-state index in [1.807, 2.05) is 0 Å². The molecule has 13 heteroatoms. The zero-order chi connectivity index (χ0) is 30.3. The van der Waals surface area contributed by atoms with Gasteiger partial charge in [-0.2, -0.15) is 5.10 Å². The van der Waals surface area contributed by atoms with Crippen LogP contribution in [0, 0.1) is 5.82 Å². The van der Waals surface area contributed by atoms with Crippen molar-refractivity contribution in [3.63, 3.8) is 0 Å². The summed E-state index contributed by atoms with van der Waals surface area (Å²) >= 11 is 0. The fraction of sp³-hybridized carbons (Fsp3) is 0.241. The van der Waals surface area contributed by atoms with Crippen LogP contribution in [0.25, 0.3) is 27.7 Å². The first kappa shape index (κ1) is 28.8. The lowest BCUT2D eigenvalue weighted by molar-refractivity contribution is 0.0784. The van der Waals surface area contributed by atoms with Crippen LogP contribution in [0.5, 0.6) is 0 Å². The zero-order valence-corrected chi connectivity index (χ0v) is 22.8. The highest BCUT2D eigenvalue weighted by Gasteiger charge is 2.21. The number of hydrogen-bond donors (Lipinski definition) is 3. The minimum absolute atomic E-state index is 0.117. The second kappa shape index (κ2) is 10.9. The van der Waals surface area contributed by atoms with Crippen LogP contribution in [0.4, 0.5) is 24.7 Å². The van der Waals surface area contributed by atoms with Crippen molar-refractivity contribution in [1.29, 1.82) is 0 Å². The molecule has 3 N–H and O–H groups in total. The Kier molecular flexibility index (Phi) is 7.47. The minimum Gasteiger partial charge on any atom is -0.392 e. The summed E-state index contributed by atoms with van der Waals surface area (Å²) in [6.07, 6.45) is 2.90. The summed E-state index contributed by atoms with van der Waals surface area (Å²) in [7, 11) is 1.50. The van der Waals surface area contributed by atoms with Gasteiger partial charge >= 0.3 is 0 Å². The molecule has 0 spiro atoms. The molecule has 0 amide bonds. The lowest BCUT2D eigenvalue weighted by Crippen LogP contribution is -2.22. The monoisotopic (exact) mass is 580 g/mol. The van der Waals surface area contributed by atoms with Gasteiger partial charge in [0.25, 0.3) is 17.5 Å². The number of halogens is 3. The van der Waals surface area contributed by atoms with Crippen LogP contribution in [0.2, 0.25) is 0 Å². The third kappa shape index (κ3) is 5.43. The highest BCUT2D eigenvalue weighted by molar-refractivity contribution is 5.83. The molecule has 5 rings (SSSR count). The number of fused-ring (bicyclic) bond motifs is 1. The number of benzene rings is 2. The van der Waals surface area contributed by atoms with Crippen LogP contribution in [-0.2, 0) is 25.8 Å². The molecule has 0 saturated carbocycles. The molecule has 2 aromatic carbocycles. The highest BCUT2D eigenvalue weighted by Crippen LogP contribution is 2.29. The van der Waals surface area contributed by atoms with E-state index in [1.165, 1.54) is 54.8 Å². The first-order chi connectivity index (χ1) is 19.9. The molecule has 0 atom stereocenters. The van der Waals surface area contributed by atoms with Crippen LogP contribution in [0.3, 0.4) is 0 Å². The van der Waals surface area contributed by atoms with Crippen LogP contribution in [-0.4, -0.2) is 40.5 Å². The summed E-state index contributed by atoms with van der Waals surface area (Å²) in [6, 6.07) is 9.08. The van der Waals surface area contributed by atoms with Gasteiger partial charge in [-0.05, 0) is 49.1 Å². The summed E-state index contributed by atoms with van der Waals surface area (Å²) in [5.74, 6) is -0.911. The van der Waals surface area contributed by atoms with E-state index < -0.39 is 42.1 Å². The fourth-order valence-electron chi connectivity index (χ4n) is 4.70. The molecule has 3 heterocycles. The third-order valence-electron chi connectivity index (χ3n) is 6.80. The van der Waals surface area contributed by atoms with Crippen LogP contribution in [0.1, 0.15) is 25.0 Å². The lowest BCUT2D eigenvalue weighted by Gasteiger charge is -2.19. The van der Waals surface area contributed by atoms with Crippen molar-refractivity contribution in [2.45, 2.75) is 39.0 Å².